The highest BCUT2D eigenvalue weighted by Gasteiger charge is 2.18. The maximum atomic E-state index is 6.42. The molecule has 0 aliphatic heterocycles. The minimum atomic E-state index is 0.914. The molecule has 0 aliphatic rings. The van der Waals surface area contributed by atoms with Gasteiger partial charge in [0, 0.05) is 16.2 Å². The second kappa shape index (κ2) is 10.2. The van der Waals surface area contributed by atoms with Crippen molar-refractivity contribution in [2.75, 3.05) is 0 Å². The highest BCUT2D eigenvalue weighted by atomic mass is 16.3. The Balaban J connectivity index is 1.18. The van der Waals surface area contributed by atoms with Gasteiger partial charge < -0.3 is 4.42 Å². The SMILES string of the molecule is c1cc(-c2ccc3oc4c5ccccc5ccc4c3c2)cc(-c2c3ccccc3c(-c3ccc4ccccc4c3)c3ccccc23)c1. The largest absolute Gasteiger partial charge is 0.455 e. The molecule has 0 amide bonds. The van der Waals surface area contributed by atoms with E-state index < -0.39 is 0 Å². The van der Waals surface area contributed by atoms with Crippen molar-refractivity contribution in [3.63, 3.8) is 0 Å². The average molecular weight is 597 g/mol. The van der Waals surface area contributed by atoms with Crippen LogP contribution in [0.2, 0.25) is 0 Å². The zero-order chi connectivity index (χ0) is 30.9. The molecule has 10 rings (SSSR count). The zero-order valence-electron chi connectivity index (χ0n) is 25.6. The summed E-state index contributed by atoms with van der Waals surface area (Å²) >= 11 is 0. The van der Waals surface area contributed by atoms with E-state index in [2.05, 4.69) is 170 Å². The molecular weight excluding hydrogens is 569 g/mol. The van der Waals surface area contributed by atoms with Gasteiger partial charge in [0.05, 0.1) is 0 Å². The molecule has 0 spiro atoms. The number of furan rings is 1. The molecule has 9 aromatic carbocycles. The lowest BCUT2D eigenvalue weighted by molar-refractivity contribution is 0.672. The van der Waals surface area contributed by atoms with Gasteiger partial charge in [0.15, 0.2) is 0 Å². The van der Waals surface area contributed by atoms with E-state index in [1.165, 1.54) is 71.1 Å². The first-order valence-corrected chi connectivity index (χ1v) is 16.2. The van der Waals surface area contributed by atoms with E-state index in [9.17, 15) is 0 Å². The van der Waals surface area contributed by atoms with Crippen LogP contribution in [0, 0.1) is 0 Å². The van der Waals surface area contributed by atoms with Crippen LogP contribution in [-0.4, -0.2) is 0 Å². The van der Waals surface area contributed by atoms with E-state index in [1.54, 1.807) is 0 Å². The molecule has 10 aromatic rings. The first-order valence-electron chi connectivity index (χ1n) is 16.2. The van der Waals surface area contributed by atoms with Crippen molar-refractivity contribution in [2.45, 2.75) is 0 Å². The summed E-state index contributed by atoms with van der Waals surface area (Å²) in [5.74, 6) is 0. The third kappa shape index (κ3) is 4.03. The van der Waals surface area contributed by atoms with Gasteiger partial charge in [0.1, 0.15) is 11.2 Å². The maximum absolute atomic E-state index is 6.42. The molecule has 1 heteroatoms. The van der Waals surface area contributed by atoms with E-state index in [0.717, 1.165) is 27.3 Å². The summed E-state index contributed by atoms with van der Waals surface area (Å²) in [4.78, 5) is 0. The van der Waals surface area contributed by atoms with E-state index in [0.29, 0.717) is 0 Å². The van der Waals surface area contributed by atoms with Gasteiger partial charge in [-0.25, -0.2) is 0 Å². The van der Waals surface area contributed by atoms with E-state index in [-0.39, 0.29) is 0 Å². The normalized spacial score (nSPS) is 11.8. The van der Waals surface area contributed by atoms with Gasteiger partial charge in [-0.3, -0.25) is 0 Å². The first kappa shape index (κ1) is 26.1. The standard InChI is InChI=1S/C46H28O/c1-2-12-31-26-35(21-20-29(31)10-1)45-39-18-7-5-16-37(39)44(38-17-6-8-19-40(38)45)34-14-9-13-32(27-34)33-23-25-43-42(28-33)41-24-22-30-11-3-4-15-36(30)46(41)47-43/h1-28H. The predicted octanol–water partition coefficient (Wildman–Crippen LogP) is 13.2. The van der Waals surface area contributed by atoms with Crippen molar-refractivity contribution >= 4 is 65.0 Å². The highest BCUT2D eigenvalue weighted by Crippen LogP contribution is 2.45. The first-order chi connectivity index (χ1) is 23.3. The molecular formula is C46H28O. The number of hydrogen-bond acceptors (Lipinski definition) is 1. The molecule has 0 unspecified atom stereocenters. The smallest absolute Gasteiger partial charge is 0.143 e. The molecule has 0 saturated carbocycles. The highest BCUT2D eigenvalue weighted by molar-refractivity contribution is 6.22. The summed E-state index contributed by atoms with van der Waals surface area (Å²) in [7, 11) is 0. The van der Waals surface area contributed by atoms with E-state index in [4.69, 9.17) is 4.42 Å². The van der Waals surface area contributed by atoms with Gasteiger partial charge in [-0.15, -0.1) is 0 Å². The fraction of sp³-hybridized carbons (Fsp3) is 0. The van der Waals surface area contributed by atoms with Crippen LogP contribution in [0.3, 0.4) is 0 Å². The monoisotopic (exact) mass is 596 g/mol. The molecule has 47 heavy (non-hydrogen) atoms. The molecule has 218 valence electrons. The number of hydrogen-bond donors (Lipinski definition) is 0. The Hall–Kier alpha value is -6.18. The summed E-state index contributed by atoms with van der Waals surface area (Å²) in [6, 6.07) is 61.7. The third-order valence-corrected chi connectivity index (χ3v) is 9.82. The molecule has 1 heterocycles. The van der Waals surface area contributed by atoms with Crippen LogP contribution in [-0.2, 0) is 0 Å². The molecule has 1 nitrogen and oxygen atoms in total. The Bertz CT molecular complexity index is 2800. The van der Waals surface area contributed by atoms with Crippen LogP contribution >= 0.6 is 0 Å². The lowest BCUT2D eigenvalue weighted by atomic mass is 9.85. The summed E-state index contributed by atoms with van der Waals surface area (Å²) < 4.78 is 6.42. The minimum absolute atomic E-state index is 0.914. The Morgan fingerprint density at radius 2 is 0.809 bits per heavy atom. The number of fused-ring (bicyclic) bond motifs is 8. The van der Waals surface area contributed by atoms with Gasteiger partial charge in [-0.2, -0.15) is 0 Å². The van der Waals surface area contributed by atoms with Crippen molar-refractivity contribution in [3.8, 4) is 33.4 Å². The van der Waals surface area contributed by atoms with E-state index in [1.807, 2.05) is 0 Å². The third-order valence-electron chi connectivity index (χ3n) is 9.82. The second-order valence-corrected chi connectivity index (χ2v) is 12.5. The summed E-state index contributed by atoms with van der Waals surface area (Å²) in [5.41, 5.74) is 9.23. The lowest BCUT2D eigenvalue weighted by Gasteiger charge is -2.18. The minimum Gasteiger partial charge on any atom is -0.455 e. The van der Waals surface area contributed by atoms with Crippen LogP contribution in [0.25, 0.3) is 98.4 Å². The van der Waals surface area contributed by atoms with Gasteiger partial charge in [0.25, 0.3) is 0 Å². The summed E-state index contributed by atoms with van der Waals surface area (Å²) in [6.07, 6.45) is 0. The van der Waals surface area contributed by atoms with Gasteiger partial charge in [-0.05, 0) is 101 Å². The average Bonchev–Trinajstić information content (AvgIpc) is 3.52. The van der Waals surface area contributed by atoms with Crippen molar-refractivity contribution < 1.29 is 4.42 Å². The van der Waals surface area contributed by atoms with Crippen molar-refractivity contribution in [3.05, 3.63) is 170 Å². The van der Waals surface area contributed by atoms with E-state index >= 15 is 0 Å². The molecule has 0 atom stereocenters. The quantitative estimate of drug-likeness (QED) is 0.185. The van der Waals surface area contributed by atoms with Crippen molar-refractivity contribution in [1.82, 2.24) is 0 Å². The summed E-state index contributed by atoms with van der Waals surface area (Å²) in [6.45, 7) is 0. The molecule has 0 radical (unpaired) electrons. The Morgan fingerprint density at radius 3 is 1.53 bits per heavy atom. The van der Waals surface area contributed by atoms with Crippen molar-refractivity contribution in [2.24, 2.45) is 0 Å². The predicted molar refractivity (Wildman–Crippen MR) is 200 cm³/mol. The lowest BCUT2D eigenvalue weighted by Crippen LogP contribution is -1.91. The topological polar surface area (TPSA) is 13.1 Å². The van der Waals surface area contributed by atoms with Gasteiger partial charge in [0.2, 0.25) is 0 Å². The van der Waals surface area contributed by atoms with Crippen LogP contribution < -0.4 is 0 Å². The Kier molecular flexibility index (Phi) is 5.64. The van der Waals surface area contributed by atoms with Gasteiger partial charge in [-0.1, -0.05) is 140 Å². The fourth-order valence-electron chi connectivity index (χ4n) is 7.63. The molecule has 0 fully saturated rings. The number of rotatable bonds is 3. The number of benzene rings is 9. The molecule has 0 aliphatic carbocycles. The second-order valence-electron chi connectivity index (χ2n) is 12.5. The van der Waals surface area contributed by atoms with Crippen LogP contribution in [0.5, 0.6) is 0 Å². The molecule has 0 N–H and O–H groups in total. The van der Waals surface area contributed by atoms with Crippen LogP contribution in [0.15, 0.2) is 174 Å². The van der Waals surface area contributed by atoms with Crippen molar-refractivity contribution in [1.29, 1.82) is 0 Å². The Morgan fingerprint density at radius 1 is 0.277 bits per heavy atom. The molecule has 0 bridgehead atoms. The van der Waals surface area contributed by atoms with Crippen LogP contribution in [0.4, 0.5) is 0 Å². The fourth-order valence-corrected chi connectivity index (χ4v) is 7.63. The zero-order valence-corrected chi connectivity index (χ0v) is 25.6. The Labute approximate surface area is 271 Å². The summed E-state index contributed by atoms with van der Waals surface area (Å²) in [5, 5.41) is 12.2. The van der Waals surface area contributed by atoms with Crippen LogP contribution in [0.1, 0.15) is 0 Å². The molecule has 0 saturated heterocycles. The molecule has 1 aromatic heterocycles. The van der Waals surface area contributed by atoms with Gasteiger partial charge >= 0.3 is 0 Å². The maximum Gasteiger partial charge on any atom is 0.143 e.